The summed E-state index contributed by atoms with van der Waals surface area (Å²) in [5, 5.41) is 3.53. The van der Waals surface area contributed by atoms with Crippen molar-refractivity contribution in [3.8, 4) is 11.1 Å². The molecule has 0 fully saturated rings. The summed E-state index contributed by atoms with van der Waals surface area (Å²) >= 11 is 1.57. The maximum absolute atomic E-state index is 11.6. The van der Waals surface area contributed by atoms with Crippen LogP contribution in [0.2, 0.25) is 0 Å². The maximum atomic E-state index is 11.6. The van der Waals surface area contributed by atoms with Crippen molar-refractivity contribution in [3.63, 3.8) is 0 Å². The highest BCUT2D eigenvalue weighted by Crippen LogP contribution is 2.40. The predicted molar refractivity (Wildman–Crippen MR) is 89.7 cm³/mol. The molecule has 22 heavy (non-hydrogen) atoms. The quantitative estimate of drug-likeness (QED) is 0.776. The van der Waals surface area contributed by atoms with Gasteiger partial charge in [0.25, 0.3) is 0 Å². The minimum atomic E-state index is 0.0236. The molecule has 1 amide bonds. The molecule has 0 aliphatic rings. The zero-order valence-corrected chi connectivity index (χ0v) is 13.0. The molecule has 3 N–H and O–H groups in total. The van der Waals surface area contributed by atoms with Crippen molar-refractivity contribution in [1.29, 1.82) is 0 Å². The van der Waals surface area contributed by atoms with Gasteiger partial charge in [0.05, 0.1) is 5.39 Å². The third-order valence-corrected chi connectivity index (χ3v) is 4.67. The first-order chi connectivity index (χ1) is 10.7. The monoisotopic (exact) mass is 312 g/mol. The van der Waals surface area contributed by atoms with E-state index in [0.717, 1.165) is 26.2 Å². The molecule has 0 radical (unpaired) electrons. The van der Waals surface area contributed by atoms with E-state index in [9.17, 15) is 4.79 Å². The first kappa shape index (κ1) is 14.5. The van der Waals surface area contributed by atoms with Gasteiger partial charge in [-0.3, -0.25) is 4.79 Å². The predicted octanol–water partition coefficient (Wildman–Crippen LogP) is 2.62. The Kier molecular flexibility index (Phi) is 4.02. The standard InChI is InChI=1S/C16H16N4OS/c1-18-12(21)8-7-11-13(10-5-3-2-4-6-10)14-15(17)19-9-20-16(14)22-11/h2-6,9H,7-8H2,1H3,(H,18,21)(H2,17,19,20). The summed E-state index contributed by atoms with van der Waals surface area (Å²) in [7, 11) is 1.65. The molecule has 0 unspecified atom stereocenters. The van der Waals surface area contributed by atoms with Crippen LogP contribution in [0.4, 0.5) is 5.82 Å². The Balaban J connectivity index is 2.15. The molecule has 112 valence electrons. The summed E-state index contributed by atoms with van der Waals surface area (Å²) in [6.07, 6.45) is 2.58. The molecule has 1 aromatic carbocycles. The largest absolute Gasteiger partial charge is 0.383 e. The van der Waals surface area contributed by atoms with Gasteiger partial charge in [-0.1, -0.05) is 30.3 Å². The Morgan fingerprint density at radius 2 is 2.05 bits per heavy atom. The number of aromatic nitrogens is 2. The smallest absolute Gasteiger partial charge is 0.220 e. The van der Waals surface area contributed by atoms with E-state index in [1.165, 1.54) is 6.33 Å². The van der Waals surface area contributed by atoms with Crippen LogP contribution in [0.1, 0.15) is 11.3 Å². The zero-order chi connectivity index (χ0) is 15.5. The molecule has 3 rings (SSSR count). The number of hydrogen-bond acceptors (Lipinski definition) is 5. The fourth-order valence-corrected chi connectivity index (χ4v) is 3.61. The van der Waals surface area contributed by atoms with Gasteiger partial charge >= 0.3 is 0 Å². The number of aryl methyl sites for hydroxylation is 1. The van der Waals surface area contributed by atoms with E-state index < -0.39 is 0 Å². The van der Waals surface area contributed by atoms with Crippen molar-refractivity contribution in [1.82, 2.24) is 15.3 Å². The molecule has 5 nitrogen and oxygen atoms in total. The van der Waals surface area contributed by atoms with Crippen LogP contribution in [0.15, 0.2) is 36.7 Å². The number of rotatable bonds is 4. The third kappa shape index (κ3) is 2.65. The number of nitrogens with one attached hydrogen (secondary N) is 1. The molecule has 0 spiro atoms. The Morgan fingerprint density at radius 3 is 2.77 bits per heavy atom. The molecule has 3 aromatic rings. The number of benzene rings is 1. The fraction of sp³-hybridized carbons (Fsp3) is 0.188. The van der Waals surface area contributed by atoms with Crippen LogP contribution in [0.25, 0.3) is 21.3 Å². The highest BCUT2D eigenvalue weighted by atomic mass is 32.1. The number of amides is 1. The van der Waals surface area contributed by atoms with Gasteiger partial charge < -0.3 is 11.1 Å². The lowest BCUT2D eigenvalue weighted by Crippen LogP contribution is -2.17. The molecule has 2 heterocycles. The second kappa shape index (κ2) is 6.11. The van der Waals surface area contributed by atoms with Crippen LogP contribution in [-0.4, -0.2) is 22.9 Å². The second-order valence-electron chi connectivity index (χ2n) is 4.88. The van der Waals surface area contributed by atoms with Crippen LogP contribution in [-0.2, 0) is 11.2 Å². The molecule has 0 atom stereocenters. The van der Waals surface area contributed by atoms with E-state index in [2.05, 4.69) is 15.3 Å². The van der Waals surface area contributed by atoms with Gasteiger partial charge in [-0.15, -0.1) is 11.3 Å². The van der Waals surface area contributed by atoms with E-state index in [-0.39, 0.29) is 5.91 Å². The fourth-order valence-electron chi connectivity index (χ4n) is 2.44. The van der Waals surface area contributed by atoms with E-state index in [1.807, 2.05) is 30.3 Å². The number of hydrogen-bond donors (Lipinski definition) is 2. The van der Waals surface area contributed by atoms with E-state index in [4.69, 9.17) is 5.73 Å². The van der Waals surface area contributed by atoms with E-state index in [0.29, 0.717) is 18.7 Å². The molecule has 0 saturated heterocycles. The summed E-state index contributed by atoms with van der Waals surface area (Å²) in [6, 6.07) is 10.0. The second-order valence-corrected chi connectivity index (χ2v) is 5.96. The summed E-state index contributed by atoms with van der Waals surface area (Å²) in [4.78, 5) is 22.0. The Morgan fingerprint density at radius 1 is 1.27 bits per heavy atom. The Bertz CT molecular complexity index is 814. The van der Waals surface area contributed by atoms with E-state index in [1.54, 1.807) is 18.4 Å². The van der Waals surface area contributed by atoms with Crippen LogP contribution in [0, 0.1) is 0 Å². The number of anilines is 1. The van der Waals surface area contributed by atoms with Gasteiger partial charge in [-0.05, 0) is 12.0 Å². The topological polar surface area (TPSA) is 80.9 Å². The Labute approximate surface area is 132 Å². The summed E-state index contributed by atoms with van der Waals surface area (Å²) < 4.78 is 0. The van der Waals surface area contributed by atoms with Crippen LogP contribution < -0.4 is 11.1 Å². The van der Waals surface area contributed by atoms with Gasteiger partial charge in [0.15, 0.2) is 0 Å². The lowest BCUT2D eigenvalue weighted by Gasteiger charge is -2.06. The average molecular weight is 312 g/mol. The minimum absolute atomic E-state index is 0.0236. The van der Waals surface area contributed by atoms with Gasteiger partial charge in [-0.25, -0.2) is 9.97 Å². The highest BCUT2D eigenvalue weighted by molar-refractivity contribution is 7.19. The number of carbonyl (C=O) groups is 1. The summed E-state index contributed by atoms with van der Waals surface area (Å²) in [6.45, 7) is 0. The zero-order valence-electron chi connectivity index (χ0n) is 12.2. The lowest BCUT2D eigenvalue weighted by atomic mass is 10.0. The molecular formula is C16H16N4OS. The third-order valence-electron chi connectivity index (χ3n) is 3.51. The van der Waals surface area contributed by atoms with Gasteiger partial charge in [0.1, 0.15) is 17.0 Å². The summed E-state index contributed by atoms with van der Waals surface area (Å²) in [5.74, 6) is 0.502. The first-order valence-corrected chi connectivity index (χ1v) is 7.80. The van der Waals surface area contributed by atoms with Crippen molar-refractivity contribution in [2.75, 3.05) is 12.8 Å². The molecule has 6 heteroatoms. The molecule has 0 aliphatic carbocycles. The first-order valence-electron chi connectivity index (χ1n) is 6.98. The number of nitrogens with zero attached hydrogens (tertiary/aromatic N) is 2. The van der Waals surface area contributed by atoms with Crippen LogP contribution >= 0.6 is 11.3 Å². The van der Waals surface area contributed by atoms with Crippen molar-refractivity contribution in [2.45, 2.75) is 12.8 Å². The van der Waals surface area contributed by atoms with E-state index >= 15 is 0 Å². The Hall–Kier alpha value is -2.47. The van der Waals surface area contributed by atoms with Crippen LogP contribution in [0.5, 0.6) is 0 Å². The number of nitrogen functional groups attached to an aromatic ring is 1. The number of thiophene rings is 1. The van der Waals surface area contributed by atoms with Crippen molar-refractivity contribution < 1.29 is 4.79 Å². The van der Waals surface area contributed by atoms with Gasteiger partial charge in [0.2, 0.25) is 5.91 Å². The van der Waals surface area contributed by atoms with Crippen LogP contribution in [0.3, 0.4) is 0 Å². The highest BCUT2D eigenvalue weighted by Gasteiger charge is 2.18. The molecule has 0 saturated carbocycles. The van der Waals surface area contributed by atoms with Gasteiger partial charge in [0, 0.05) is 23.9 Å². The summed E-state index contributed by atoms with van der Waals surface area (Å²) in [5.41, 5.74) is 8.18. The lowest BCUT2D eigenvalue weighted by molar-refractivity contribution is -0.120. The van der Waals surface area contributed by atoms with Crippen molar-refractivity contribution in [3.05, 3.63) is 41.5 Å². The maximum Gasteiger partial charge on any atom is 0.220 e. The number of fused-ring (bicyclic) bond motifs is 1. The van der Waals surface area contributed by atoms with Crippen molar-refractivity contribution in [2.24, 2.45) is 0 Å². The van der Waals surface area contributed by atoms with Gasteiger partial charge in [-0.2, -0.15) is 0 Å². The SMILES string of the molecule is CNC(=O)CCc1sc2ncnc(N)c2c1-c1ccccc1. The minimum Gasteiger partial charge on any atom is -0.383 e. The molecule has 0 aliphatic heterocycles. The van der Waals surface area contributed by atoms with Crippen molar-refractivity contribution >= 4 is 33.3 Å². The normalized spacial score (nSPS) is 10.8. The molecule has 0 bridgehead atoms. The average Bonchev–Trinajstić information content (AvgIpc) is 2.93. The molecule has 2 aromatic heterocycles. The number of carbonyl (C=O) groups excluding carboxylic acids is 1. The number of nitrogens with two attached hydrogens (primary N) is 1. The molecular weight excluding hydrogens is 296 g/mol.